The molecule has 0 saturated carbocycles. The van der Waals surface area contributed by atoms with E-state index in [1.165, 1.54) is 0 Å². The van der Waals surface area contributed by atoms with Crippen molar-refractivity contribution < 1.29 is 4.79 Å². The molecule has 0 radical (unpaired) electrons. The number of pyridine rings is 1. The number of nitrogens with two attached hydrogens (primary N) is 1. The molecule has 2 atom stereocenters. The number of nitrogen functional groups attached to an aromatic ring is 1. The summed E-state index contributed by atoms with van der Waals surface area (Å²) in [4.78, 5) is 21.2. The highest BCUT2D eigenvalue weighted by Gasteiger charge is 2.38. The first-order chi connectivity index (χ1) is 11.7. The summed E-state index contributed by atoms with van der Waals surface area (Å²) in [5, 5.41) is 0. The molecule has 0 unspecified atom stereocenters. The van der Waals surface area contributed by atoms with Crippen molar-refractivity contribution in [1.82, 2.24) is 14.8 Å². The predicted molar refractivity (Wildman–Crippen MR) is 99.8 cm³/mol. The number of hydrogen-bond acceptors (Lipinski definition) is 5. The summed E-state index contributed by atoms with van der Waals surface area (Å²) in [5.74, 6) is 2.73. The third-order valence-corrected chi connectivity index (χ3v) is 5.99. The van der Waals surface area contributed by atoms with Crippen LogP contribution < -0.4 is 5.73 Å². The molecule has 0 spiro atoms. The van der Waals surface area contributed by atoms with Gasteiger partial charge in [-0.3, -0.25) is 9.69 Å². The van der Waals surface area contributed by atoms with Gasteiger partial charge in [-0.25, -0.2) is 4.98 Å². The van der Waals surface area contributed by atoms with E-state index in [1.54, 1.807) is 6.20 Å². The van der Waals surface area contributed by atoms with Crippen LogP contribution in [0.1, 0.15) is 31.2 Å². The van der Waals surface area contributed by atoms with E-state index in [9.17, 15) is 4.79 Å². The third-order valence-electron chi connectivity index (χ3n) is 5.30. The fourth-order valence-corrected chi connectivity index (χ4v) is 4.48. The van der Waals surface area contributed by atoms with Crippen molar-refractivity contribution in [2.45, 2.75) is 38.3 Å². The van der Waals surface area contributed by atoms with Gasteiger partial charge in [0, 0.05) is 50.4 Å². The van der Waals surface area contributed by atoms with Crippen LogP contribution in [0.4, 0.5) is 5.82 Å². The van der Waals surface area contributed by atoms with Crippen molar-refractivity contribution >= 4 is 23.5 Å². The topological polar surface area (TPSA) is 62.5 Å². The highest BCUT2D eigenvalue weighted by molar-refractivity contribution is 7.98. The number of thioether (sulfide) groups is 1. The minimum atomic E-state index is 0.363. The van der Waals surface area contributed by atoms with E-state index in [4.69, 9.17) is 5.73 Å². The first-order valence-corrected chi connectivity index (χ1v) is 10.3. The number of aromatic nitrogens is 1. The number of piperidine rings is 2. The Hall–Kier alpha value is -1.27. The zero-order valence-electron chi connectivity index (χ0n) is 14.5. The van der Waals surface area contributed by atoms with Gasteiger partial charge in [0.15, 0.2) is 0 Å². The number of fused-ring (bicyclic) bond motifs is 1. The second-order valence-corrected chi connectivity index (χ2v) is 7.86. The average molecular weight is 349 g/mol. The standard InChI is InChI=1S/C18H28N4OS/c1-24-11-3-9-22-16-7-10-21(12-14(16)5-6-17(22)23)13-15-4-2-8-20-18(15)19/h2,4,8,14,16H,3,5-7,9-13H2,1H3,(H2,19,20)/t14-,16+/m0/s1. The van der Waals surface area contributed by atoms with Gasteiger partial charge in [-0.2, -0.15) is 11.8 Å². The molecular formula is C18H28N4OS. The Balaban J connectivity index is 1.60. The fourth-order valence-electron chi connectivity index (χ4n) is 4.07. The number of amides is 1. The van der Waals surface area contributed by atoms with Crippen LogP contribution in [0, 0.1) is 5.92 Å². The van der Waals surface area contributed by atoms with E-state index in [1.807, 2.05) is 17.8 Å². The monoisotopic (exact) mass is 348 g/mol. The van der Waals surface area contributed by atoms with Crippen LogP contribution in [0.15, 0.2) is 18.3 Å². The molecule has 2 N–H and O–H groups in total. The molecule has 2 saturated heterocycles. The lowest BCUT2D eigenvalue weighted by Crippen LogP contribution is -2.56. The predicted octanol–water partition coefficient (Wildman–Crippen LogP) is 2.23. The fraction of sp³-hybridized carbons (Fsp3) is 0.667. The van der Waals surface area contributed by atoms with Crippen LogP contribution in [0.25, 0.3) is 0 Å². The van der Waals surface area contributed by atoms with Crippen LogP contribution in [0.2, 0.25) is 0 Å². The maximum absolute atomic E-state index is 12.3. The summed E-state index contributed by atoms with van der Waals surface area (Å²) >= 11 is 1.86. The molecule has 1 amide bonds. The van der Waals surface area contributed by atoms with Gasteiger partial charge >= 0.3 is 0 Å². The molecular weight excluding hydrogens is 320 g/mol. The van der Waals surface area contributed by atoms with E-state index < -0.39 is 0 Å². The molecule has 0 bridgehead atoms. The third kappa shape index (κ3) is 4.03. The van der Waals surface area contributed by atoms with E-state index in [0.717, 1.165) is 56.8 Å². The molecule has 2 fully saturated rings. The summed E-state index contributed by atoms with van der Waals surface area (Å²) < 4.78 is 0. The van der Waals surface area contributed by atoms with E-state index in [-0.39, 0.29) is 0 Å². The van der Waals surface area contributed by atoms with Crippen LogP contribution in [-0.2, 0) is 11.3 Å². The second-order valence-electron chi connectivity index (χ2n) is 6.87. The van der Waals surface area contributed by atoms with E-state index in [0.29, 0.717) is 30.1 Å². The normalized spacial score (nSPS) is 24.9. The van der Waals surface area contributed by atoms with Crippen LogP contribution in [0.5, 0.6) is 0 Å². The molecule has 5 nitrogen and oxygen atoms in total. The van der Waals surface area contributed by atoms with Crippen molar-refractivity contribution in [3.05, 3.63) is 23.9 Å². The summed E-state index contributed by atoms with van der Waals surface area (Å²) in [5.41, 5.74) is 7.10. The number of carbonyl (C=O) groups excluding carboxylic acids is 1. The maximum Gasteiger partial charge on any atom is 0.222 e. The smallest absolute Gasteiger partial charge is 0.222 e. The maximum atomic E-state index is 12.3. The van der Waals surface area contributed by atoms with Crippen molar-refractivity contribution in [2.24, 2.45) is 5.92 Å². The molecule has 1 aromatic heterocycles. The Morgan fingerprint density at radius 3 is 3.08 bits per heavy atom. The summed E-state index contributed by atoms with van der Waals surface area (Å²) in [6.07, 6.45) is 7.79. The Labute approximate surface area is 149 Å². The zero-order chi connectivity index (χ0) is 16.9. The van der Waals surface area contributed by atoms with Crippen molar-refractivity contribution in [2.75, 3.05) is 37.4 Å². The largest absolute Gasteiger partial charge is 0.383 e. The van der Waals surface area contributed by atoms with Crippen LogP contribution in [-0.4, -0.2) is 58.4 Å². The molecule has 2 aliphatic rings. The Morgan fingerprint density at radius 2 is 2.29 bits per heavy atom. The lowest BCUT2D eigenvalue weighted by atomic mass is 9.83. The van der Waals surface area contributed by atoms with Gasteiger partial charge in [0.1, 0.15) is 5.82 Å². The number of carbonyl (C=O) groups is 1. The van der Waals surface area contributed by atoms with E-state index >= 15 is 0 Å². The lowest BCUT2D eigenvalue weighted by Gasteiger charge is -2.47. The first-order valence-electron chi connectivity index (χ1n) is 8.89. The minimum absolute atomic E-state index is 0.363. The number of nitrogens with zero attached hydrogens (tertiary/aromatic N) is 3. The first kappa shape index (κ1) is 17.5. The van der Waals surface area contributed by atoms with E-state index in [2.05, 4.69) is 27.1 Å². The Kier molecular flexibility index (Phi) is 6.00. The van der Waals surface area contributed by atoms with Crippen molar-refractivity contribution in [1.29, 1.82) is 0 Å². The van der Waals surface area contributed by atoms with Crippen molar-refractivity contribution in [3.8, 4) is 0 Å². The highest BCUT2D eigenvalue weighted by atomic mass is 32.2. The molecule has 3 heterocycles. The number of rotatable bonds is 6. The van der Waals surface area contributed by atoms with Crippen molar-refractivity contribution in [3.63, 3.8) is 0 Å². The van der Waals surface area contributed by atoms with Gasteiger partial charge in [-0.1, -0.05) is 6.07 Å². The SMILES string of the molecule is CSCCCN1C(=O)CC[C@H]2CN(Cc3cccnc3N)CC[C@H]21. The van der Waals surface area contributed by atoms with Gasteiger partial charge in [0.25, 0.3) is 0 Å². The lowest BCUT2D eigenvalue weighted by molar-refractivity contribution is -0.141. The summed E-state index contributed by atoms with van der Waals surface area (Å²) in [7, 11) is 0. The molecule has 0 aromatic carbocycles. The molecule has 24 heavy (non-hydrogen) atoms. The number of hydrogen-bond donors (Lipinski definition) is 1. The minimum Gasteiger partial charge on any atom is -0.383 e. The molecule has 1 aromatic rings. The molecule has 6 heteroatoms. The zero-order valence-corrected chi connectivity index (χ0v) is 15.3. The van der Waals surface area contributed by atoms with Gasteiger partial charge in [-0.15, -0.1) is 0 Å². The molecule has 3 rings (SSSR count). The molecule has 0 aliphatic carbocycles. The van der Waals surface area contributed by atoms with Crippen LogP contribution in [0.3, 0.4) is 0 Å². The summed E-state index contributed by atoms with van der Waals surface area (Å²) in [6, 6.07) is 4.45. The van der Waals surface area contributed by atoms with Gasteiger partial charge in [0.2, 0.25) is 5.91 Å². The Bertz CT molecular complexity index is 568. The summed E-state index contributed by atoms with van der Waals surface area (Å²) in [6.45, 7) is 3.88. The molecule has 132 valence electrons. The second kappa shape index (κ2) is 8.21. The number of anilines is 1. The van der Waals surface area contributed by atoms with Crippen LogP contribution >= 0.6 is 11.8 Å². The quantitative estimate of drug-likeness (QED) is 0.799. The van der Waals surface area contributed by atoms with Gasteiger partial charge in [-0.05, 0) is 43.3 Å². The number of likely N-dealkylation sites (tertiary alicyclic amines) is 2. The highest BCUT2D eigenvalue weighted by Crippen LogP contribution is 2.32. The van der Waals surface area contributed by atoms with Gasteiger partial charge < -0.3 is 10.6 Å². The van der Waals surface area contributed by atoms with Gasteiger partial charge in [0.05, 0.1) is 0 Å². The molecule has 2 aliphatic heterocycles. The average Bonchev–Trinajstić information content (AvgIpc) is 2.59. The Morgan fingerprint density at radius 1 is 1.42 bits per heavy atom.